The van der Waals surface area contributed by atoms with E-state index in [4.69, 9.17) is 9.47 Å². The highest BCUT2D eigenvalue weighted by Gasteiger charge is 2.45. The molecule has 1 saturated heterocycles. The van der Waals surface area contributed by atoms with E-state index in [9.17, 15) is 19.8 Å². The highest BCUT2D eigenvalue weighted by atomic mass is 16.6. The number of rotatable bonds is 5. The van der Waals surface area contributed by atoms with Gasteiger partial charge in [0.05, 0.1) is 6.61 Å². The lowest BCUT2D eigenvalue weighted by molar-refractivity contribution is -0.0624. The van der Waals surface area contributed by atoms with E-state index in [1.165, 1.54) is 19.4 Å². The number of methoxy groups -OCH3 is 1. The van der Waals surface area contributed by atoms with Gasteiger partial charge < -0.3 is 25.0 Å². The van der Waals surface area contributed by atoms with Crippen LogP contribution in [0.4, 0.5) is 5.82 Å². The third-order valence-electron chi connectivity index (χ3n) is 4.15. The lowest BCUT2D eigenvalue weighted by Gasteiger charge is -2.20. The summed E-state index contributed by atoms with van der Waals surface area (Å²) in [6.07, 6.45) is -2.34. The number of nitrogens with one attached hydrogen (secondary N) is 1. The van der Waals surface area contributed by atoms with Gasteiger partial charge in [0.15, 0.2) is 6.23 Å². The first-order valence-electron chi connectivity index (χ1n) is 7.98. The molecule has 1 amide bonds. The molecule has 3 N–H and O–H groups in total. The zero-order valence-corrected chi connectivity index (χ0v) is 14.0. The van der Waals surface area contributed by atoms with Gasteiger partial charge in [-0.3, -0.25) is 9.36 Å². The van der Waals surface area contributed by atoms with Crippen molar-refractivity contribution in [3.63, 3.8) is 0 Å². The summed E-state index contributed by atoms with van der Waals surface area (Å²) in [7, 11) is 1.37. The Morgan fingerprint density at radius 1 is 1.35 bits per heavy atom. The first-order chi connectivity index (χ1) is 12.5. The van der Waals surface area contributed by atoms with Crippen LogP contribution in [0, 0.1) is 0 Å². The quantitative estimate of drug-likeness (QED) is 0.672. The van der Waals surface area contributed by atoms with Crippen LogP contribution in [0.15, 0.2) is 47.4 Å². The van der Waals surface area contributed by atoms with Crippen molar-refractivity contribution in [2.75, 3.05) is 19.0 Å². The second kappa shape index (κ2) is 7.75. The summed E-state index contributed by atoms with van der Waals surface area (Å²) in [6, 6.07) is 9.97. The molecular weight excluding hydrogens is 342 g/mol. The van der Waals surface area contributed by atoms with Crippen LogP contribution in [-0.4, -0.2) is 57.7 Å². The van der Waals surface area contributed by atoms with E-state index in [1.807, 2.05) is 0 Å². The fraction of sp³-hybridized carbons (Fsp3) is 0.353. The van der Waals surface area contributed by atoms with Crippen molar-refractivity contribution in [2.24, 2.45) is 0 Å². The van der Waals surface area contributed by atoms with Crippen LogP contribution < -0.4 is 11.0 Å². The number of anilines is 1. The molecule has 1 fully saturated rings. The summed E-state index contributed by atoms with van der Waals surface area (Å²) in [4.78, 5) is 28.3. The van der Waals surface area contributed by atoms with Crippen molar-refractivity contribution < 1.29 is 24.5 Å². The Bertz CT molecular complexity index is 825. The molecule has 0 radical (unpaired) electrons. The average molecular weight is 361 g/mol. The van der Waals surface area contributed by atoms with E-state index in [-0.39, 0.29) is 5.82 Å². The van der Waals surface area contributed by atoms with Gasteiger partial charge in [0, 0.05) is 18.9 Å². The number of carbonyl (C=O) groups is 1. The number of hydrogen-bond acceptors (Lipinski definition) is 7. The number of carbonyl (C=O) groups excluding carboxylic acids is 1. The lowest BCUT2D eigenvalue weighted by atomic mass is 10.1. The summed E-state index contributed by atoms with van der Waals surface area (Å²) in [5.41, 5.74) is -0.250. The molecule has 1 aromatic carbocycles. The molecule has 0 bridgehead atoms. The fourth-order valence-electron chi connectivity index (χ4n) is 2.80. The van der Waals surface area contributed by atoms with Crippen molar-refractivity contribution in [1.29, 1.82) is 0 Å². The lowest BCUT2D eigenvalue weighted by Crippen LogP contribution is -2.37. The number of aliphatic hydroxyl groups is 2. The van der Waals surface area contributed by atoms with Gasteiger partial charge in [0.2, 0.25) is 0 Å². The molecule has 9 nitrogen and oxygen atoms in total. The van der Waals surface area contributed by atoms with Crippen molar-refractivity contribution in [3.8, 4) is 0 Å². The third-order valence-corrected chi connectivity index (χ3v) is 4.15. The van der Waals surface area contributed by atoms with Crippen LogP contribution in [0.1, 0.15) is 16.6 Å². The Morgan fingerprint density at radius 2 is 2.08 bits per heavy atom. The van der Waals surface area contributed by atoms with Crippen LogP contribution in [0.25, 0.3) is 0 Å². The Kier molecular flexibility index (Phi) is 5.43. The average Bonchev–Trinajstić information content (AvgIpc) is 2.98. The standard InChI is InChI=1S/C17H19N3O6/c1-25-14-13(22)11(9-21)26-16(14)20-8-7-12(19-17(20)24)18-15(23)10-5-3-2-4-6-10/h2-8,11,13-14,16,21-22H,9H2,1H3,(H,18,19,23,24)/t11?,13?,14-,16?/m0/s1. The Labute approximate surface area is 148 Å². The van der Waals surface area contributed by atoms with Gasteiger partial charge in [-0.2, -0.15) is 4.98 Å². The van der Waals surface area contributed by atoms with Crippen molar-refractivity contribution in [3.05, 3.63) is 58.6 Å². The number of nitrogens with zero attached hydrogens (tertiary/aromatic N) is 2. The molecule has 0 aliphatic carbocycles. The second-order valence-corrected chi connectivity index (χ2v) is 5.76. The van der Waals surface area contributed by atoms with E-state index in [0.717, 1.165) is 4.57 Å². The Hall–Kier alpha value is -2.59. The third kappa shape index (κ3) is 3.51. The molecule has 1 aliphatic rings. The van der Waals surface area contributed by atoms with E-state index in [1.54, 1.807) is 30.3 Å². The molecule has 4 atom stereocenters. The minimum atomic E-state index is -1.08. The Morgan fingerprint density at radius 3 is 2.69 bits per heavy atom. The number of aromatic nitrogens is 2. The van der Waals surface area contributed by atoms with Crippen LogP contribution in [0.3, 0.4) is 0 Å². The van der Waals surface area contributed by atoms with Crippen LogP contribution in [0.5, 0.6) is 0 Å². The maximum atomic E-state index is 12.3. The maximum absolute atomic E-state index is 12.3. The molecule has 3 unspecified atom stereocenters. The van der Waals surface area contributed by atoms with Crippen molar-refractivity contribution in [1.82, 2.24) is 9.55 Å². The molecule has 1 aromatic heterocycles. The van der Waals surface area contributed by atoms with Crippen LogP contribution in [-0.2, 0) is 9.47 Å². The van der Waals surface area contributed by atoms with Crippen LogP contribution in [0.2, 0.25) is 0 Å². The van der Waals surface area contributed by atoms with E-state index in [0.29, 0.717) is 5.56 Å². The zero-order valence-electron chi connectivity index (χ0n) is 14.0. The molecule has 9 heteroatoms. The van der Waals surface area contributed by atoms with E-state index >= 15 is 0 Å². The topological polar surface area (TPSA) is 123 Å². The number of ether oxygens (including phenoxy) is 2. The normalized spacial score (nSPS) is 25.2. The molecule has 2 heterocycles. The number of benzene rings is 1. The summed E-state index contributed by atoms with van der Waals surface area (Å²) in [6.45, 7) is -0.412. The molecule has 2 aromatic rings. The molecule has 0 saturated carbocycles. The molecule has 0 spiro atoms. The number of hydrogen-bond donors (Lipinski definition) is 3. The second-order valence-electron chi connectivity index (χ2n) is 5.76. The van der Waals surface area contributed by atoms with Gasteiger partial charge in [-0.1, -0.05) is 18.2 Å². The van der Waals surface area contributed by atoms with Gasteiger partial charge >= 0.3 is 5.69 Å². The predicted octanol–water partition coefficient (Wildman–Crippen LogP) is -0.239. The first-order valence-corrected chi connectivity index (χ1v) is 7.98. The number of aliphatic hydroxyl groups excluding tert-OH is 2. The minimum absolute atomic E-state index is 0.0892. The first kappa shape index (κ1) is 18.2. The monoisotopic (exact) mass is 361 g/mol. The van der Waals surface area contributed by atoms with E-state index < -0.39 is 42.7 Å². The molecular formula is C17H19N3O6. The van der Waals surface area contributed by atoms with Crippen molar-refractivity contribution in [2.45, 2.75) is 24.5 Å². The van der Waals surface area contributed by atoms with E-state index in [2.05, 4.69) is 10.3 Å². The van der Waals surface area contributed by atoms with Gasteiger partial charge in [0.1, 0.15) is 24.1 Å². The van der Waals surface area contributed by atoms with Gasteiger partial charge in [-0.25, -0.2) is 4.79 Å². The molecule has 3 rings (SSSR count). The molecule has 1 aliphatic heterocycles. The highest BCUT2D eigenvalue weighted by molar-refractivity contribution is 6.03. The summed E-state index contributed by atoms with van der Waals surface area (Å²) >= 11 is 0. The summed E-state index contributed by atoms with van der Waals surface area (Å²) in [5.74, 6) is -0.302. The van der Waals surface area contributed by atoms with Gasteiger partial charge in [-0.05, 0) is 18.2 Å². The zero-order chi connectivity index (χ0) is 18.7. The highest BCUT2D eigenvalue weighted by Crippen LogP contribution is 2.30. The largest absolute Gasteiger partial charge is 0.394 e. The Balaban J connectivity index is 1.80. The fourth-order valence-corrected chi connectivity index (χ4v) is 2.80. The molecule has 26 heavy (non-hydrogen) atoms. The minimum Gasteiger partial charge on any atom is -0.394 e. The predicted molar refractivity (Wildman–Crippen MR) is 90.7 cm³/mol. The summed E-state index contributed by atoms with van der Waals surface area (Å²) in [5, 5.41) is 21.9. The van der Waals surface area contributed by atoms with Gasteiger partial charge in [-0.15, -0.1) is 0 Å². The SMILES string of the molecule is CO[C@H]1C(O)C(CO)OC1n1ccc(NC(=O)c2ccccc2)nc1=O. The molecule has 138 valence electrons. The van der Waals surface area contributed by atoms with Crippen LogP contribution >= 0.6 is 0 Å². The maximum Gasteiger partial charge on any atom is 0.351 e. The smallest absolute Gasteiger partial charge is 0.351 e. The van der Waals surface area contributed by atoms with Gasteiger partial charge in [0.25, 0.3) is 5.91 Å². The summed E-state index contributed by atoms with van der Waals surface area (Å²) < 4.78 is 11.8. The van der Waals surface area contributed by atoms with Crippen molar-refractivity contribution >= 4 is 11.7 Å². The number of amides is 1.